The van der Waals surface area contributed by atoms with E-state index in [1.54, 1.807) is 6.07 Å². The van der Waals surface area contributed by atoms with Gasteiger partial charge in [-0.05, 0) is 28.1 Å². The number of nitrogens with one attached hydrogen (secondary N) is 1. The minimum atomic E-state index is -0.639. The van der Waals surface area contributed by atoms with Crippen molar-refractivity contribution < 1.29 is 9.18 Å². The number of rotatable bonds is 3. The third kappa shape index (κ3) is 3.26. The topological polar surface area (TPSA) is 29.1 Å². The zero-order valence-electron chi connectivity index (χ0n) is 9.51. The van der Waals surface area contributed by atoms with Crippen LogP contribution in [0.15, 0.2) is 16.6 Å². The van der Waals surface area contributed by atoms with Crippen LogP contribution in [0.1, 0.15) is 16.8 Å². The molecule has 2 rings (SSSR count). The van der Waals surface area contributed by atoms with Gasteiger partial charge in [-0.15, -0.1) is 0 Å². The fourth-order valence-electron chi connectivity index (χ4n) is 1.83. The highest BCUT2D eigenvalue weighted by Gasteiger charge is 2.21. The summed E-state index contributed by atoms with van der Waals surface area (Å²) in [5, 5.41) is 3.22. The molecule has 1 N–H and O–H groups in total. The summed E-state index contributed by atoms with van der Waals surface area (Å²) >= 11 is 10.7. The number of thioether (sulfide) groups is 1. The molecule has 0 amide bonds. The summed E-state index contributed by atoms with van der Waals surface area (Å²) in [5.74, 6) is 1.10. The second-order valence-corrected chi connectivity index (χ2v) is 6.46. The maximum Gasteiger partial charge on any atom is 0.167 e. The van der Waals surface area contributed by atoms with Crippen molar-refractivity contribution in [2.75, 3.05) is 18.1 Å². The SMILES string of the molecule is O=C(CC1CSCCN1)c1ccc(Br)c(Cl)c1F. The molecular formula is C12H12BrClFNOS. The van der Waals surface area contributed by atoms with Crippen molar-refractivity contribution in [3.8, 4) is 0 Å². The fraction of sp³-hybridized carbons (Fsp3) is 0.417. The Bertz CT molecular complexity index is 466. The van der Waals surface area contributed by atoms with Crippen LogP contribution in [0.3, 0.4) is 0 Å². The molecule has 1 unspecified atom stereocenters. The molecule has 0 bridgehead atoms. The molecule has 1 atom stereocenters. The normalized spacial score (nSPS) is 19.8. The Morgan fingerprint density at radius 3 is 3.06 bits per heavy atom. The van der Waals surface area contributed by atoms with Crippen molar-refractivity contribution in [3.63, 3.8) is 0 Å². The second-order valence-electron chi connectivity index (χ2n) is 4.08. The lowest BCUT2D eigenvalue weighted by Gasteiger charge is -2.22. The molecular weight excluding hydrogens is 341 g/mol. The van der Waals surface area contributed by atoms with Crippen molar-refractivity contribution in [1.82, 2.24) is 5.32 Å². The number of benzene rings is 1. The Morgan fingerprint density at radius 1 is 1.61 bits per heavy atom. The van der Waals surface area contributed by atoms with Gasteiger partial charge in [-0.2, -0.15) is 11.8 Å². The van der Waals surface area contributed by atoms with Gasteiger partial charge in [0.2, 0.25) is 0 Å². The molecule has 2 nitrogen and oxygen atoms in total. The first-order valence-electron chi connectivity index (χ1n) is 5.57. The van der Waals surface area contributed by atoms with Crippen LogP contribution >= 0.6 is 39.3 Å². The Morgan fingerprint density at radius 2 is 2.39 bits per heavy atom. The number of hydrogen-bond acceptors (Lipinski definition) is 3. The third-order valence-corrected chi connectivity index (χ3v) is 5.16. The van der Waals surface area contributed by atoms with Gasteiger partial charge in [-0.25, -0.2) is 4.39 Å². The van der Waals surface area contributed by atoms with Crippen LogP contribution in [0.2, 0.25) is 5.02 Å². The van der Waals surface area contributed by atoms with Crippen LogP contribution in [0.5, 0.6) is 0 Å². The molecule has 0 aromatic heterocycles. The monoisotopic (exact) mass is 351 g/mol. The molecule has 6 heteroatoms. The molecule has 1 saturated heterocycles. The number of Topliss-reactive ketones (excluding diaryl/α,β-unsaturated/α-hetero) is 1. The van der Waals surface area contributed by atoms with E-state index in [2.05, 4.69) is 21.2 Å². The largest absolute Gasteiger partial charge is 0.312 e. The zero-order valence-corrected chi connectivity index (χ0v) is 12.7. The molecule has 1 fully saturated rings. The van der Waals surface area contributed by atoms with Gasteiger partial charge < -0.3 is 5.32 Å². The molecule has 0 aliphatic carbocycles. The van der Waals surface area contributed by atoms with Gasteiger partial charge in [-0.1, -0.05) is 11.6 Å². The summed E-state index contributed by atoms with van der Waals surface area (Å²) < 4.78 is 14.3. The third-order valence-electron chi connectivity index (χ3n) is 2.77. The Labute approximate surface area is 123 Å². The standard InChI is InChI=1S/C12H12BrClFNOS/c13-9-2-1-8(12(15)11(9)14)10(17)5-7-6-18-4-3-16-7/h1-2,7,16H,3-6H2. The fourth-order valence-corrected chi connectivity index (χ4v) is 3.25. The van der Waals surface area contributed by atoms with Crippen LogP contribution < -0.4 is 5.32 Å². The van der Waals surface area contributed by atoms with Crippen LogP contribution in [-0.4, -0.2) is 29.9 Å². The molecule has 1 aromatic rings. The number of carbonyl (C=O) groups is 1. The van der Waals surface area contributed by atoms with Gasteiger partial charge in [0.1, 0.15) is 0 Å². The van der Waals surface area contributed by atoms with E-state index in [0.717, 1.165) is 18.1 Å². The van der Waals surface area contributed by atoms with Crippen LogP contribution in [0.4, 0.5) is 4.39 Å². The van der Waals surface area contributed by atoms with Crippen molar-refractivity contribution in [2.45, 2.75) is 12.5 Å². The van der Waals surface area contributed by atoms with E-state index in [-0.39, 0.29) is 22.4 Å². The Balaban J connectivity index is 2.11. The maximum atomic E-state index is 13.9. The Hall–Kier alpha value is -0.100. The average molecular weight is 353 g/mol. The van der Waals surface area contributed by atoms with E-state index in [1.807, 2.05) is 11.8 Å². The van der Waals surface area contributed by atoms with Gasteiger partial charge in [0.15, 0.2) is 11.6 Å². The summed E-state index contributed by atoms with van der Waals surface area (Å²) in [6, 6.07) is 3.20. The lowest BCUT2D eigenvalue weighted by Crippen LogP contribution is -2.39. The first-order chi connectivity index (χ1) is 8.59. The van der Waals surface area contributed by atoms with E-state index >= 15 is 0 Å². The molecule has 1 heterocycles. The van der Waals surface area contributed by atoms with E-state index in [0.29, 0.717) is 10.9 Å². The summed E-state index contributed by atoms with van der Waals surface area (Å²) in [5.41, 5.74) is 0.0700. The molecule has 0 saturated carbocycles. The van der Waals surface area contributed by atoms with Crippen molar-refractivity contribution in [1.29, 1.82) is 0 Å². The van der Waals surface area contributed by atoms with E-state index in [9.17, 15) is 9.18 Å². The molecule has 0 radical (unpaired) electrons. The molecule has 0 spiro atoms. The van der Waals surface area contributed by atoms with Crippen LogP contribution in [0.25, 0.3) is 0 Å². The van der Waals surface area contributed by atoms with E-state index in [1.165, 1.54) is 6.07 Å². The molecule has 98 valence electrons. The first-order valence-corrected chi connectivity index (χ1v) is 7.90. The molecule has 1 aliphatic heterocycles. The predicted molar refractivity (Wildman–Crippen MR) is 77.2 cm³/mol. The highest BCUT2D eigenvalue weighted by Crippen LogP contribution is 2.28. The van der Waals surface area contributed by atoms with Gasteiger partial charge >= 0.3 is 0 Å². The number of ketones is 1. The summed E-state index contributed by atoms with van der Waals surface area (Å²) in [6.07, 6.45) is 0.307. The van der Waals surface area contributed by atoms with Crippen LogP contribution in [-0.2, 0) is 0 Å². The average Bonchev–Trinajstić information content (AvgIpc) is 2.37. The van der Waals surface area contributed by atoms with Gasteiger partial charge in [0.25, 0.3) is 0 Å². The summed E-state index contributed by atoms with van der Waals surface area (Å²) in [7, 11) is 0. The number of carbonyl (C=O) groups excluding carboxylic acids is 1. The number of hydrogen-bond donors (Lipinski definition) is 1. The molecule has 1 aromatic carbocycles. The molecule has 18 heavy (non-hydrogen) atoms. The van der Waals surface area contributed by atoms with Crippen molar-refractivity contribution in [3.05, 3.63) is 33.0 Å². The lowest BCUT2D eigenvalue weighted by atomic mass is 10.0. The molecule has 1 aliphatic rings. The first kappa shape index (κ1) is 14.3. The summed E-state index contributed by atoms with van der Waals surface area (Å²) in [6.45, 7) is 0.895. The Kier molecular flexibility index (Phi) is 5.06. The minimum absolute atomic E-state index is 0.0353. The maximum absolute atomic E-state index is 13.9. The lowest BCUT2D eigenvalue weighted by molar-refractivity contribution is 0.0968. The van der Waals surface area contributed by atoms with Gasteiger partial charge in [0.05, 0.1) is 10.6 Å². The van der Waals surface area contributed by atoms with Crippen molar-refractivity contribution >= 4 is 45.1 Å². The highest BCUT2D eigenvalue weighted by molar-refractivity contribution is 9.10. The smallest absolute Gasteiger partial charge is 0.167 e. The zero-order chi connectivity index (χ0) is 13.1. The van der Waals surface area contributed by atoms with E-state index < -0.39 is 5.82 Å². The van der Waals surface area contributed by atoms with Gasteiger partial charge in [0, 0.05) is 35.0 Å². The quantitative estimate of drug-likeness (QED) is 0.666. The van der Waals surface area contributed by atoms with E-state index in [4.69, 9.17) is 11.6 Å². The minimum Gasteiger partial charge on any atom is -0.312 e. The van der Waals surface area contributed by atoms with Gasteiger partial charge in [-0.3, -0.25) is 4.79 Å². The summed E-state index contributed by atoms with van der Waals surface area (Å²) in [4.78, 5) is 12.0. The van der Waals surface area contributed by atoms with Crippen molar-refractivity contribution in [2.24, 2.45) is 0 Å². The second kappa shape index (κ2) is 6.37. The predicted octanol–water partition coefficient (Wildman–Crippen LogP) is 3.52. The van der Waals surface area contributed by atoms with Crippen LogP contribution in [0, 0.1) is 5.82 Å². The number of halogens is 3. The highest BCUT2D eigenvalue weighted by atomic mass is 79.9.